The molecule has 1 aromatic rings. The quantitative estimate of drug-likeness (QED) is 0.293. The Kier molecular flexibility index (Phi) is 8.62. The summed E-state index contributed by atoms with van der Waals surface area (Å²) in [6.07, 6.45) is 2.76. The first-order valence-electron chi connectivity index (χ1n) is 9.99. The lowest BCUT2D eigenvalue weighted by atomic mass is 9.89. The summed E-state index contributed by atoms with van der Waals surface area (Å²) in [4.78, 5) is 35.1. The third kappa shape index (κ3) is 7.65. The summed E-state index contributed by atoms with van der Waals surface area (Å²) in [6.45, 7) is 0. The number of ketones is 2. The maximum absolute atomic E-state index is 12.5. The molecule has 5 nitrogen and oxygen atoms in total. The maximum Gasteiger partial charge on any atom is 0.573 e. The average molecular weight is 426 g/mol. The molecule has 0 heterocycles. The van der Waals surface area contributed by atoms with E-state index in [2.05, 4.69) is 4.74 Å². The van der Waals surface area contributed by atoms with Crippen LogP contribution in [0.15, 0.2) is 36.4 Å². The van der Waals surface area contributed by atoms with E-state index in [0.29, 0.717) is 25.7 Å². The van der Waals surface area contributed by atoms with E-state index in [1.54, 1.807) is 6.08 Å². The van der Waals surface area contributed by atoms with Crippen molar-refractivity contribution >= 4 is 17.5 Å². The minimum absolute atomic E-state index is 0.128. The highest BCUT2D eigenvalue weighted by atomic mass is 19.4. The zero-order valence-corrected chi connectivity index (χ0v) is 16.5. The zero-order chi connectivity index (χ0) is 22.1. The van der Waals surface area contributed by atoms with E-state index in [1.807, 2.05) is 0 Å². The molecule has 0 radical (unpaired) electrons. The SMILES string of the molecule is O=C(O)CCCCCC[C@H]1C(=O)CC[C@@H]1C=CC(=O)c1ccccc1OC(F)(F)F. The van der Waals surface area contributed by atoms with Crippen LogP contribution in [0, 0.1) is 11.8 Å². The van der Waals surface area contributed by atoms with Gasteiger partial charge in [0.1, 0.15) is 11.5 Å². The van der Waals surface area contributed by atoms with E-state index >= 15 is 0 Å². The van der Waals surface area contributed by atoms with Gasteiger partial charge >= 0.3 is 12.3 Å². The van der Waals surface area contributed by atoms with Crippen LogP contribution >= 0.6 is 0 Å². The zero-order valence-electron chi connectivity index (χ0n) is 16.5. The number of carboxylic acids is 1. The molecule has 1 fully saturated rings. The number of carbonyl (C=O) groups is 3. The van der Waals surface area contributed by atoms with Crippen molar-refractivity contribution in [2.45, 2.75) is 57.7 Å². The average Bonchev–Trinajstić information content (AvgIpc) is 3.01. The fourth-order valence-electron chi connectivity index (χ4n) is 3.72. The minimum atomic E-state index is -4.90. The van der Waals surface area contributed by atoms with Gasteiger partial charge in [-0.3, -0.25) is 14.4 Å². The number of hydrogen-bond acceptors (Lipinski definition) is 4. The normalized spacial score (nSPS) is 19.4. The predicted octanol–water partition coefficient (Wildman–Crippen LogP) is 5.34. The summed E-state index contributed by atoms with van der Waals surface area (Å²) in [5.74, 6) is -2.20. The monoisotopic (exact) mass is 426 g/mol. The number of allylic oxidation sites excluding steroid dienone is 2. The Labute approximate surface area is 172 Å². The summed E-state index contributed by atoms with van der Waals surface area (Å²) in [5.41, 5.74) is -0.189. The van der Waals surface area contributed by atoms with Crippen LogP contribution in [-0.2, 0) is 9.59 Å². The van der Waals surface area contributed by atoms with Crippen LogP contribution in [0.5, 0.6) is 5.75 Å². The molecule has 0 amide bonds. The third-order valence-electron chi connectivity index (χ3n) is 5.18. The van der Waals surface area contributed by atoms with Crippen LogP contribution in [0.4, 0.5) is 13.2 Å². The second-order valence-corrected chi connectivity index (χ2v) is 7.39. The summed E-state index contributed by atoms with van der Waals surface area (Å²) in [6, 6.07) is 5.16. The lowest BCUT2D eigenvalue weighted by molar-refractivity contribution is -0.274. The Bertz CT molecular complexity index is 785. The topological polar surface area (TPSA) is 80.7 Å². The van der Waals surface area contributed by atoms with Gasteiger partial charge in [-0.1, -0.05) is 37.5 Å². The van der Waals surface area contributed by atoms with Crippen molar-refractivity contribution in [3.8, 4) is 5.75 Å². The highest BCUT2D eigenvalue weighted by molar-refractivity contribution is 6.06. The molecule has 164 valence electrons. The molecular weight excluding hydrogens is 401 g/mol. The maximum atomic E-state index is 12.5. The fourth-order valence-corrected chi connectivity index (χ4v) is 3.72. The Morgan fingerprint density at radius 3 is 2.53 bits per heavy atom. The molecule has 1 aliphatic carbocycles. The number of alkyl halides is 3. The van der Waals surface area contributed by atoms with Gasteiger partial charge in [0.15, 0.2) is 5.78 Å². The van der Waals surface area contributed by atoms with Crippen LogP contribution < -0.4 is 4.74 Å². The van der Waals surface area contributed by atoms with Crippen molar-refractivity contribution in [3.05, 3.63) is 42.0 Å². The molecule has 0 aromatic heterocycles. The highest BCUT2D eigenvalue weighted by Gasteiger charge is 2.34. The van der Waals surface area contributed by atoms with Crippen molar-refractivity contribution in [3.63, 3.8) is 0 Å². The summed E-state index contributed by atoms with van der Waals surface area (Å²) in [5, 5.41) is 8.63. The number of para-hydroxylation sites is 1. The van der Waals surface area contributed by atoms with Gasteiger partial charge < -0.3 is 9.84 Å². The van der Waals surface area contributed by atoms with E-state index in [9.17, 15) is 27.6 Å². The molecule has 30 heavy (non-hydrogen) atoms. The first-order chi connectivity index (χ1) is 14.2. The van der Waals surface area contributed by atoms with Crippen LogP contribution in [0.25, 0.3) is 0 Å². The Balaban J connectivity index is 1.93. The number of aliphatic carboxylic acids is 1. The van der Waals surface area contributed by atoms with Crippen LogP contribution in [-0.4, -0.2) is 29.0 Å². The molecule has 1 saturated carbocycles. The molecule has 0 aliphatic heterocycles. The number of halogens is 3. The molecular formula is C22H25F3O5. The lowest BCUT2D eigenvalue weighted by Crippen LogP contribution is -2.19. The number of unbranched alkanes of at least 4 members (excludes halogenated alkanes) is 3. The number of benzene rings is 1. The van der Waals surface area contributed by atoms with E-state index in [4.69, 9.17) is 5.11 Å². The standard InChI is InChI=1S/C22H25F3O5/c23-22(24,25)30-20-9-6-5-8-17(20)19(27)14-12-15-11-13-18(26)16(15)7-3-1-2-4-10-21(28)29/h5-6,8-9,12,14-16H,1-4,7,10-11,13H2,(H,28,29)/t15-,16-/m1/s1. The fraction of sp³-hybridized carbons (Fsp3) is 0.500. The molecule has 0 saturated heterocycles. The molecule has 8 heteroatoms. The van der Waals surface area contributed by atoms with Gasteiger partial charge in [0, 0.05) is 18.8 Å². The molecule has 2 rings (SSSR count). The Hall–Kier alpha value is -2.64. The Morgan fingerprint density at radius 2 is 1.83 bits per heavy atom. The summed E-state index contributed by atoms with van der Waals surface area (Å²) < 4.78 is 41.5. The highest BCUT2D eigenvalue weighted by Crippen LogP contribution is 2.34. The molecule has 1 aromatic carbocycles. The van der Waals surface area contributed by atoms with Gasteiger partial charge in [0.25, 0.3) is 0 Å². The second-order valence-electron chi connectivity index (χ2n) is 7.39. The molecule has 2 atom stereocenters. The number of carboxylic acid groups (broad SMARTS) is 1. The van der Waals surface area contributed by atoms with Gasteiger partial charge in [-0.2, -0.15) is 0 Å². The van der Waals surface area contributed by atoms with Gasteiger partial charge in [0.05, 0.1) is 5.56 Å². The van der Waals surface area contributed by atoms with Crippen molar-refractivity contribution in [1.29, 1.82) is 0 Å². The third-order valence-corrected chi connectivity index (χ3v) is 5.18. The minimum Gasteiger partial charge on any atom is -0.481 e. The molecule has 1 aliphatic rings. The summed E-state index contributed by atoms with van der Waals surface area (Å²) >= 11 is 0. The van der Waals surface area contributed by atoms with Crippen molar-refractivity contribution < 1.29 is 37.4 Å². The van der Waals surface area contributed by atoms with E-state index in [1.165, 1.54) is 24.3 Å². The first-order valence-corrected chi connectivity index (χ1v) is 9.99. The number of carbonyl (C=O) groups excluding carboxylic acids is 2. The summed E-state index contributed by atoms with van der Waals surface area (Å²) in [7, 11) is 0. The van der Waals surface area contributed by atoms with Crippen LogP contribution in [0.1, 0.15) is 61.7 Å². The molecule has 0 unspecified atom stereocenters. The van der Waals surface area contributed by atoms with E-state index < -0.39 is 23.9 Å². The molecule has 0 bridgehead atoms. The van der Waals surface area contributed by atoms with E-state index in [-0.39, 0.29) is 29.6 Å². The van der Waals surface area contributed by atoms with Crippen molar-refractivity contribution in [1.82, 2.24) is 0 Å². The van der Waals surface area contributed by atoms with Gasteiger partial charge in [-0.15, -0.1) is 13.2 Å². The van der Waals surface area contributed by atoms with E-state index in [0.717, 1.165) is 25.3 Å². The van der Waals surface area contributed by atoms with Crippen molar-refractivity contribution in [2.75, 3.05) is 0 Å². The molecule has 0 spiro atoms. The van der Waals surface area contributed by atoms with Crippen LogP contribution in [0.3, 0.4) is 0 Å². The largest absolute Gasteiger partial charge is 0.573 e. The number of hydrogen-bond donors (Lipinski definition) is 1. The second kappa shape index (κ2) is 10.9. The Morgan fingerprint density at radius 1 is 1.13 bits per heavy atom. The smallest absolute Gasteiger partial charge is 0.481 e. The number of Topliss-reactive ketones (excluding diaryl/α,β-unsaturated/α-hetero) is 1. The van der Waals surface area contributed by atoms with Gasteiger partial charge in [-0.05, 0) is 43.4 Å². The lowest BCUT2D eigenvalue weighted by Gasteiger charge is -2.15. The number of rotatable bonds is 11. The predicted molar refractivity (Wildman–Crippen MR) is 103 cm³/mol. The number of ether oxygens (including phenoxy) is 1. The van der Waals surface area contributed by atoms with Crippen LogP contribution in [0.2, 0.25) is 0 Å². The van der Waals surface area contributed by atoms with Crippen molar-refractivity contribution in [2.24, 2.45) is 11.8 Å². The molecule has 1 N–H and O–H groups in total. The first kappa shape index (κ1) is 23.6. The van der Waals surface area contributed by atoms with Gasteiger partial charge in [0.2, 0.25) is 0 Å². The van der Waals surface area contributed by atoms with Gasteiger partial charge in [-0.25, -0.2) is 0 Å².